The fourth-order valence-electron chi connectivity index (χ4n) is 6.47. The second-order valence-electron chi connectivity index (χ2n) is 11.1. The highest BCUT2D eigenvalue weighted by Gasteiger charge is 2.32. The van der Waals surface area contributed by atoms with Crippen molar-refractivity contribution in [3.05, 3.63) is 78.0 Å². The van der Waals surface area contributed by atoms with E-state index in [0.29, 0.717) is 24.3 Å². The minimum atomic E-state index is -4.30. The number of hydrogen-bond donors (Lipinski definition) is 2. The highest BCUT2D eigenvalue weighted by atomic mass is 19.4. The first-order valence-corrected chi connectivity index (χ1v) is 14.2. The summed E-state index contributed by atoms with van der Waals surface area (Å²) in [6, 6.07) is 18.3. The van der Waals surface area contributed by atoms with Crippen LogP contribution in [0, 0.1) is 11.8 Å². The lowest BCUT2D eigenvalue weighted by molar-refractivity contribution is -0.137. The van der Waals surface area contributed by atoms with Gasteiger partial charge in [-0.25, -0.2) is 4.98 Å². The van der Waals surface area contributed by atoms with Crippen molar-refractivity contribution in [1.82, 2.24) is 4.98 Å². The maximum absolute atomic E-state index is 13.0. The van der Waals surface area contributed by atoms with Gasteiger partial charge >= 0.3 is 6.18 Å². The summed E-state index contributed by atoms with van der Waals surface area (Å²) in [6.45, 7) is 1.90. The minimum Gasteiger partial charge on any atom is -0.396 e. The molecule has 0 bridgehead atoms. The summed E-state index contributed by atoms with van der Waals surface area (Å²) in [6.07, 6.45) is 6.27. The molecule has 0 unspecified atom stereocenters. The Kier molecular flexibility index (Phi) is 8.75. The van der Waals surface area contributed by atoms with Gasteiger partial charge < -0.3 is 15.3 Å². The number of hydrogen-bond acceptors (Lipinski definition) is 4. The first kappa shape index (κ1) is 27.5. The van der Waals surface area contributed by atoms with Crippen molar-refractivity contribution in [3.8, 4) is 11.1 Å². The molecule has 2 heterocycles. The van der Waals surface area contributed by atoms with E-state index >= 15 is 0 Å². The van der Waals surface area contributed by atoms with E-state index in [2.05, 4.69) is 33.4 Å². The Morgan fingerprint density at radius 1 is 0.949 bits per heavy atom. The van der Waals surface area contributed by atoms with Crippen molar-refractivity contribution >= 4 is 11.5 Å². The minimum absolute atomic E-state index is 0.119. The Bertz CT molecular complexity index is 1210. The number of aliphatic hydroxyl groups excluding tert-OH is 1. The van der Waals surface area contributed by atoms with Crippen LogP contribution in [-0.2, 0) is 12.6 Å². The summed E-state index contributed by atoms with van der Waals surface area (Å²) < 4.78 is 39.0. The van der Waals surface area contributed by atoms with E-state index in [0.717, 1.165) is 67.0 Å². The number of piperidine rings is 1. The lowest BCUT2D eigenvalue weighted by Gasteiger charge is -2.39. The van der Waals surface area contributed by atoms with Gasteiger partial charge in [0.1, 0.15) is 5.82 Å². The monoisotopic (exact) mass is 537 g/mol. The number of halogens is 3. The Morgan fingerprint density at radius 2 is 1.74 bits per heavy atom. The molecular weight excluding hydrogens is 499 g/mol. The van der Waals surface area contributed by atoms with Crippen LogP contribution < -0.4 is 10.2 Å². The second-order valence-corrected chi connectivity index (χ2v) is 11.1. The van der Waals surface area contributed by atoms with E-state index in [1.807, 2.05) is 24.4 Å². The quantitative estimate of drug-likeness (QED) is 0.311. The van der Waals surface area contributed by atoms with Crippen molar-refractivity contribution in [2.75, 3.05) is 29.9 Å². The number of nitrogens with zero attached hydrogens (tertiary/aromatic N) is 2. The third-order valence-corrected chi connectivity index (χ3v) is 8.43. The van der Waals surface area contributed by atoms with E-state index in [4.69, 9.17) is 0 Å². The fourth-order valence-corrected chi connectivity index (χ4v) is 6.47. The number of aliphatic hydroxyl groups is 1. The molecule has 0 radical (unpaired) electrons. The van der Waals surface area contributed by atoms with Crippen molar-refractivity contribution in [2.45, 2.75) is 63.6 Å². The third-order valence-electron chi connectivity index (χ3n) is 8.43. The van der Waals surface area contributed by atoms with Gasteiger partial charge in [0.05, 0.1) is 5.56 Å². The molecular formula is C32H38F3N3O. The van der Waals surface area contributed by atoms with Crippen molar-refractivity contribution < 1.29 is 18.3 Å². The molecule has 1 aliphatic carbocycles. The van der Waals surface area contributed by atoms with Crippen LogP contribution in [0.4, 0.5) is 24.7 Å². The van der Waals surface area contributed by atoms with Crippen LogP contribution in [0.15, 0.2) is 66.9 Å². The summed E-state index contributed by atoms with van der Waals surface area (Å²) in [4.78, 5) is 6.90. The molecule has 208 valence electrons. The predicted octanol–water partition coefficient (Wildman–Crippen LogP) is 7.58. The van der Waals surface area contributed by atoms with Gasteiger partial charge in [0, 0.05) is 37.6 Å². The lowest BCUT2D eigenvalue weighted by Crippen LogP contribution is -2.39. The number of benzene rings is 2. The van der Waals surface area contributed by atoms with E-state index < -0.39 is 11.7 Å². The smallest absolute Gasteiger partial charge is 0.396 e. The van der Waals surface area contributed by atoms with Gasteiger partial charge in [-0.1, -0.05) is 37.1 Å². The number of nitrogens with one attached hydrogen (secondary N) is 1. The fraction of sp³-hybridized carbons (Fsp3) is 0.469. The van der Waals surface area contributed by atoms with Crippen LogP contribution in [-0.4, -0.2) is 35.8 Å². The average molecular weight is 538 g/mol. The van der Waals surface area contributed by atoms with Crippen molar-refractivity contribution in [2.24, 2.45) is 11.8 Å². The van der Waals surface area contributed by atoms with E-state index in [1.165, 1.54) is 31.4 Å². The summed E-state index contributed by atoms with van der Waals surface area (Å²) in [7, 11) is 0. The average Bonchev–Trinajstić information content (AvgIpc) is 2.95. The molecule has 1 saturated carbocycles. The number of alkyl halides is 3. The van der Waals surface area contributed by atoms with E-state index in [1.54, 1.807) is 12.1 Å². The van der Waals surface area contributed by atoms with Gasteiger partial charge in [-0.3, -0.25) is 0 Å². The number of anilines is 2. The van der Waals surface area contributed by atoms with Gasteiger partial charge in [0.2, 0.25) is 0 Å². The van der Waals surface area contributed by atoms with Crippen molar-refractivity contribution in [3.63, 3.8) is 0 Å². The van der Waals surface area contributed by atoms with E-state index in [9.17, 15) is 18.3 Å². The highest BCUT2D eigenvalue weighted by molar-refractivity contribution is 5.69. The first-order chi connectivity index (χ1) is 18.9. The molecule has 2 N–H and O–H groups in total. The van der Waals surface area contributed by atoms with Crippen molar-refractivity contribution in [1.29, 1.82) is 0 Å². The summed E-state index contributed by atoms with van der Waals surface area (Å²) in [5.74, 6) is 1.96. The van der Waals surface area contributed by atoms with Crippen LogP contribution in [0.3, 0.4) is 0 Å². The second kappa shape index (κ2) is 12.4. The first-order valence-electron chi connectivity index (χ1n) is 14.2. The summed E-state index contributed by atoms with van der Waals surface area (Å²) in [5.41, 5.74) is 3.65. The molecule has 5 rings (SSSR count). The molecule has 7 heteroatoms. The summed E-state index contributed by atoms with van der Waals surface area (Å²) >= 11 is 0. The normalized spacial score (nSPS) is 22.1. The van der Waals surface area contributed by atoms with Crippen LogP contribution in [0.2, 0.25) is 0 Å². The molecule has 2 fully saturated rings. The summed E-state index contributed by atoms with van der Waals surface area (Å²) in [5, 5.41) is 13.2. The molecule has 1 aromatic heterocycles. The van der Waals surface area contributed by atoms with Gasteiger partial charge in [-0.2, -0.15) is 13.2 Å². The zero-order valence-corrected chi connectivity index (χ0v) is 22.3. The molecule has 1 aliphatic heterocycles. The predicted molar refractivity (Wildman–Crippen MR) is 151 cm³/mol. The molecule has 3 aromatic rings. The molecule has 0 spiro atoms. The Balaban J connectivity index is 1.24. The van der Waals surface area contributed by atoms with Crippen LogP contribution >= 0.6 is 0 Å². The Labute approximate surface area is 229 Å². The zero-order valence-electron chi connectivity index (χ0n) is 22.3. The SMILES string of the molecule is OCCc1ccccc1-c1ccnc(N[C@@H]2CCCC[C@H]2C[C@H]2CCCN(c3ccc(C(F)(F)F)cc3)C2)c1. The molecule has 39 heavy (non-hydrogen) atoms. The number of aromatic nitrogens is 1. The molecule has 0 amide bonds. The van der Waals surface area contributed by atoms with Gasteiger partial charge in [-0.05, 0) is 103 Å². The van der Waals surface area contributed by atoms with Gasteiger partial charge in [0.25, 0.3) is 0 Å². The zero-order chi connectivity index (χ0) is 27.2. The molecule has 1 saturated heterocycles. The lowest BCUT2D eigenvalue weighted by atomic mass is 9.77. The number of pyridine rings is 1. The highest BCUT2D eigenvalue weighted by Crippen LogP contribution is 2.36. The Morgan fingerprint density at radius 3 is 2.54 bits per heavy atom. The maximum Gasteiger partial charge on any atom is 0.416 e. The number of rotatable bonds is 8. The largest absolute Gasteiger partial charge is 0.416 e. The van der Waals surface area contributed by atoms with Gasteiger partial charge in [0.15, 0.2) is 0 Å². The molecule has 3 atom stereocenters. The van der Waals surface area contributed by atoms with Gasteiger partial charge in [-0.15, -0.1) is 0 Å². The third kappa shape index (κ3) is 6.93. The van der Waals surface area contributed by atoms with Crippen LogP contribution in [0.5, 0.6) is 0 Å². The molecule has 2 aliphatic rings. The maximum atomic E-state index is 13.0. The molecule has 4 nitrogen and oxygen atoms in total. The van der Waals surface area contributed by atoms with E-state index in [-0.39, 0.29) is 6.61 Å². The standard InChI is InChI=1S/C32H38F3N3O/c33-32(34,35)27-11-13-28(14-12-27)38-18-5-6-23(22-38)20-26-8-2-4-10-30(26)37-31-21-25(15-17-36-31)29-9-3-1-7-24(29)16-19-39/h1,3,7,9,11-15,17,21,23,26,30,39H,2,4-6,8,10,16,18-20,22H2,(H,36,37)/t23-,26+,30-/m1/s1. The Hall–Kier alpha value is -3.06. The van der Waals surface area contributed by atoms with Crippen LogP contribution in [0.25, 0.3) is 11.1 Å². The van der Waals surface area contributed by atoms with Crippen LogP contribution in [0.1, 0.15) is 56.1 Å². The molecule has 2 aromatic carbocycles. The topological polar surface area (TPSA) is 48.4 Å².